The summed E-state index contributed by atoms with van der Waals surface area (Å²) in [7, 11) is -10.4. The normalized spacial score (nSPS) is 38.6. The molecule has 21 heteroatoms. The minimum Gasteiger partial charge on any atom is -0.479 e. The van der Waals surface area contributed by atoms with Gasteiger partial charge in [-0.2, -0.15) is 16.8 Å². The second-order valence-electron chi connectivity index (χ2n) is 7.33. The number of aliphatic hydroxyl groups excluding tert-OH is 4. The van der Waals surface area contributed by atoms with Crippen LogP contribution in [-0.4, -0.2) is 131 Å². The summed E-state index contributed by atoms with van der Waals surface area (Å²) < 4.78 is 85.3. The Kier molecular flexibility index (Phi) is 9.48. The molecule has 1 unspecified atom stereocenters. The van der Waals surface area contributed by atoms with Gasteiger partial charge in [0.25, 0.3) is 0 Å². The van der Waals surface area contributed by atoms with E-state index in [9.17, 15) is 52.0 Å². The fourth-order valence-electron chi connectivity index (χ4n) is 3.32. The van der Waals surface area contributed by atoms with Gasteiger partial charge in [0.2, 0.25) is 5.91 Å². The number of aliphatic carboxylic acids is 1. The molecule has 0 spiro atoms. The minimum absolute atomic E-state index is 0.833. The quantitative estimate of drug-likeness (QED) is 0.123. The van der Waals surface area contributed by atoms with Crippen molar-refractivity contribution < 1.29 is 83.6 Å². The van der Waals surface area contributed by atoms with Crippen molar-refractivity contribution in [3.8, 4) is 0 Å². The Balaban J connectivity index is 2.42. The topological polar surface area (TPSA) is 302 Å². The van der Waals surface area contributed by atoms with Crippen molar-refractivity contribution in [2.24, 2.45) is 0 Å². The van der Waals surface area contributed by atoms with Crippen molar-refractivity contribution in [3.63, 3.8) is 0 Å². The summed E-state index contributed by atoms with van der Waals surface area (Å²) in [5.41, 5.74) is 0. The third-order valence-electron chi connectivity index (χ3n) is 4.76. The highest BCUT2D eigenvalue weighted by Gasteiger charge is 2.54. The van der Waals surface area contributed by atoms with Crippen LogP contribution in [0.4, 0.5) is 0 Å². The van der Waals surface area contributed by atoms with Gasteiger partial charge in [-0.1, -0.05) is 0 Å². The number of amides is 1. The zero-order valence-corrected chi connectivity index (χ0v) is 19.1. The van der Waals surface area contributed by atoms with Gasteiger partial charge >= 0.3 is 26.8 Å². The number of carboxylic acids is 1. The lowest BCUT2D eigenvalue weighted by molar-refractivity contribution is -0.333. The molecule has 0 saturated carbocycles. The molecule has 2 rings (SSSR count). The number of carboxylic acid groups (broad SMARTS) is 1. The van der Waals surface area contributed by atoms with Gasteiger partial charge in [-0.15, -0.1) is 0 Å². The van der Waals surface area contributed by atoms with Crippen LogP contribution < -0.4 is 5.32 Å². The van der Waals surface area contributed by atoms with Gasteiger partial charge in [0.1, 0.15) is 36.6 Å². The molecule has 0 aliphatic carbocycles. The summed E-state index contributed by atoms with van der Waals surface area (Å²) in [6.45, 7) is -0.148. The van der Waals surface area contributed by atoms with Crippen LogP contribution in [-0.2, 0) is 53.0 Å². The summed E-state index contributed by atoms with van der Waals surface area (Å²) in [6, 6.07) is -1.72. The lowest BCUT2D eigenvalue weighted by Gasteiger charge is -2.46. The molecule has 2 fully saturated rings. The molecule has 0 aromatic carbocycles. The van der Waals surface area contributed by atoms with Crippen molar-refractivity contribution in [2.75, 3.05) is 6.61 Å². The average Bonchev–Trinajstić information content (AvgIpc) is 2.69. The van der Waals surface area contributed by atoms with Crippen LogP contribution in [0.3, 0.4) is 0 Å². The van der Waals surface area contributed by atoms with Crippen molar-refractivity contribution in [1.82, 2.24) is 5.32 Å². The van der Waals surface area contributed by atoms with Crippen LogP contribution >= 0.6 is 0 Å². The summed E-state index contributed by atoms with van der Waals surface area (Å²) in [4.78, 5) is 22.9. The minimum atomic E-state index is -5.38. The molecule has 2 aliphatic heterocycles. The third kappa shape index (κ3) is 7.94. The van der Waals surface area contributed by atoms with Crippen LogP contribution in [0.25, 0.3) is 0 Å². The van der Waals surface area contributed by atoms with Crippen LogP contribution in [0.15, 0.2) is 0 Å². The number of carbonyl (C=O) groups excluding carboxylic acids is 1. The maximum Gasteiger partial charge on any atom is 0.397 e. The molecule has 0 aromatic heterocycles. The first-order valence-electron chi connectivity index (χ1n) is 9.37. The van der Waals surface area contributed by atoms with E-state index in [-0.39, 0.29) is 0 Å². The van der Waals surface area contributed by atoms with E-state index in [2.05, 4.69) is 13.7 Å². The molecule has 0 bridgehead atoms. The highest BCUT2D eigenvalue weighted by Crippen LogP contribution is 2.31. The highest BCUT2D eigenvalue weighted by atomic mass is 32.3. The molecule has 1 amide bonds. The fraction of sp³-hybridized carbons (Fsp3) is 0.857. The Morgan fingerprint density at radius 2 is 1.51 bits per heavy atom. The zero-order valence-electron chi connectivity index (χ0n) is 17.4. The third-order valence-corrected chi connectivity index (χ3v) is 5.66. The first-order valence-corrected chi connectivity index (χ1v) is 12.1. The number of hydrogen-bond acceptors (Lipinski definition) is 15. The lowest BCUT2D eigenvalue weighted by Crippen LogP contribution is -2.68. The second kappa shape index (κ2) is 11.2. The second-order valence-corrected chi connectivity index (χ2v) is 9.47. The van der Waals surface area contributed by atoms with Crippen LogP contribution in [0.1, 0.15) is 6.92 Å². The van der Waals surface area contributed by atoms with Crippen molar-refractivity contribution in [2.45, 2.75) is 68.3 Å². The molecule has 10 atom stereocenters. The maximum absolute atomic E-state index is 11.6. The lowest BCUT2D eigenvalue weighted by atomic mass is 9.95. The highest BCUT2D eigenvalue weighted by molar-refractivity contribution is 7.81. The average molecular weight is 557 g/mol. The summed E-state index contributed by atoms with van der Waals surface area (Å²) in [6.07, 6.45) is -19.5. The van der Waals surface area contributed by atoms with Gasteiger partial charge in [0.05, 0.1) is 6.61 Å². The Bertz CT molecular complexity index is 985. The summed E-state index contributed by atoms with van der Waals surface area (Å²) in [5, 5.41) is 52.3. The Labute approximate surface area is 197 Å². The van der Waals surface area contributed by atoms with E-state index in [0.717, 1.165) is 6.92 Å². The molecular weight excluding hydrogens is 534 g/mol. The van der Waals surface area contributed by atoms with Gasteiger partial charge in [0, 0.05) is 6.92 Å². The van der Waals surface area contributed by atoms with Crippen molar-refractivity contribution in [1.29, 1.82) is 0 Å². The molecule has 2 saturated heterocycles. The standard InChI is InChI=1S/C14H23NO18S2/c1-3(16)15-5-9(6(17)4(30-13(5)22)2-29-34(23,24)25)31-14-11(33-35(26,27)28)8(19)7(18)10(32-14)12(20)21/h4-11,13-14,17-19,22H,2H2,1H3,(H,15,16)(H,20,21)(H,23,24,25)(H,26,27,28)/t4-,5-,6+,7+,8+,9-,10-,11-,13?,14-/m1/s1. The van der Waals surface area contributed by atoms with E-state index in [1.54, 1.807) is 0 Å². The Morgan fingerprint density at radius 1 is 0.914 bits per heavy atom. The number of carbonyl (C=O) groups is 2. The van der Waals surface area contributed by atoms with Gasteiger partial charge in [-0.05, 0) is 0 Å². The Morgan fingerprint density at radius 3 is 2.00 bits per heavy atom. The number of rotatable bonds is 9. The van der Waals surface area contributed by atoms with Gasteiger partial charge in [0.15, 0.2) is 24.8 Å². The first kappa shape index (κ1) is 29.6. The Hall–Kier alpha value is -1.60. The van der Waals surface area contributed by atoms with Gasteiger partial charge in [-0.3, -0.25) is 13.9 Å². The maximum atomic E-state index is 11.6. The van der Waals surface area contributed by atoms with Crippen LogP contribution in [0.5, 0.6) is 0 Å². The fourth-order valence-corrected chi connectivity index (χ4v) is 4.11. The molecule has 19 nitrogen and oxygen atoms in total. The molecule has 2 heterocycles. The summed E-state index contributed by atoms with van der Waals surface area (Å²) >= 11 is 0. The number of aliphatic hydroxyl groups is 4. The zero-order chi connectivity index (χ0) is 26.9. The van der Waals surface area contributed by atoms with E-state index in [1.165, 1.54) is 0 Å². The molecule has 0 aromatic rings. The largest absolute Gasteiger partial charge is 0.479 e. The van der Waals surface area contributed by atoms with Crippen molar-refractivity contribution in [3.05, 3.63) is 0 Å². The van der Waals surface area contributed by atoms with Crippen LogP contribution in [0, 0.1) is 0 Å². The van der Waals surface area contributed by atoms with Gasteiger partial charge < -0.3 is 45.1 Å². The van der Waals surface area contributed by atoms with Crippen LogP contribution in [0.2, 0.25) is 0 Å². The smallest absolute Gasteiger partial charge is 0.397 e. The van der Waals surface area contributed by atoms with E-state index < -0.39 is 101 Å². The predicted octanol–water partition coefficient (Wildman–Crippen LogP) is -5.51. The number of hydrogen-bond donors (Lipinski definition) is 8. The number of ether oxygens (including phenoxy) is 3. The first-order chi connectivity index (χ1) is 15.9. The number of nitrogens with one attached hydrogen (secondary N) is 1. The molecule has 8 N–H and O–H groups in total. The SMILES string of the molecule is CC(=O)N[C@H]1C(O)O[C@H](COS(=O)(=O)O)[C@H](O)[C@@H]1O[C@@H]1O[C@@H](C(=O)O)[C@@H](O)[C@H](O)[C@H]1OS(=O)(=O)O. The molecule has 35 heavy (non-hydrogen) atoms. The van der Waals surface area contributed by atoms with E-state index in [0.29, 0.717) is 0 Å². The van der Waals surface area contributed by atoms with E-state index in [1.807, 2.05) is 0 Å². The predicted molar refractivity (Wildman–Crippen MR) is 102 cm³/mol. The van der Waals surface area contributed by atoms with E-state index >= 15 is 0 Å². The monoisotopic (exact) mass is 557 g/mol. The molecular formula is C14H23NO18S2. The molecule has 0 radical (unpaired) electrons. The van der Waals surface area contributed by atoms with Crippen molar-refractivity contribution >= 4 is 32.7 Å². The molecule has 2 aliphatic rings. The molecule has 204 valence electrons. The van der Waals surface area contributed by atoms with Gasteiger partial charge in [-0.25, -0.2) is 13.2 Å². The summed E-state index contributed by atoms with van der Waals surface area (Å²) in [5.74, 6) is -2.69. The van der Waals surface area contributed by atoms with E-state index in [4.69, 9.17) is 23.3 Å².